The summed E-state index contributed by atoms with van der Waals surface area (Å²) in [5, 5.41) is 2.57. The Hall–Kier alpha value is -3.09. The van der Waals surface area contributed by atoms with Crippen molar-refractivity contribution in [3.63, 3.8) is 0 Å². The number of methoxy groups -OCH3 is 2. The molecule has 0 spiro atoms. The first-order valence-corrected chi connectivity index (χ1v) is 9.08. The Bertz CT molecular complexity index is 871. The van der Waals surface area contributed by atoms with Gasteiger partial charge in [0.1, 0.15) is 17.3 Å². The van der Waals surface area contributed by atoms with Gasteiger partial charge in [-0.2, -0.15) is 0 Å². The minimum Gasteiger partial charge on any atom is -0.497 e. The molecule has 2 aromatic rings. The van der Waals surface area contributed by atoms with Gasteiger partial charge in [-0.25, -0.2) is 4.39 Å². The molecule has 0 aromatic heterocycles. The van der Waals surface area contributed by atoms with Crippen molar-refractivity contribution in [2.24, 2.45) is 0 Å². The normalized spacial score (nSPS) is 16.0. The number of nitrogens with one attached hydrogen (secondary N) is 1. The van der Waals surface area contributed by atoms with E-state index in [1.54, 1.807) is 19.1 Å². The fourth-order valence-corrected chi connectivity index (χ4v) is 3.48. The van der Waals surface area contributed by atoms with Crippen molar-refractivity contribution in [2.45, 2.75) is 18.9 Å². The first kappa shape index (κ1) is 19.7. The van der Waals surface area contributed by atoms with E-state index < -0.39 is 11.7 Å². The lowest BCUT2D eigenvalue weighted by atomic mass is 10.0. The molecular weight excluding hydrogens is 363 g/mol. The Morgan fingerprint density at radius 2 is 2.00 bits per heavy atom. The van der Waals surface area contributed by atoms with Gasteiger partial charge in [-0.15, -0.1) is 0 Å². The van der Waals surface area contributed by atoms with Crippen LogP contribution in [0.15, 0.2) is 42.5 Å². The number of amides is 2. The molecule has 6 nitrogen and oxygen atoms in total. The first-order valence-electron chi connectivity index (χ1n) is 9.08. The Morgan fingerprint density at radius 1 is 1.18 bits per heavy atom. The molecule has 28 heavy (non-hydrogen) atoms. The summed E-state index contributed by atoms with van der Waals surface area (Å²) in [5.41, 5.74) is 1.06. The zero-order chi connectivity index (χ0) is 20.1. The number of rotatable bonds is 6. The second-order valence-electron chi connectivity index (χ2n) is 6.55. The van der Waals surface area contributed by atoms with E-state index in [9.17, 15) is 14.0 Å². The summed E-state index contributed by atoms with van der Waals surface area (Å²) in [6, 6.07) is 10.7. The molecule has 3 rings (SSSR count). The monoisotopic (exact) mass is 386 g/mol. The maximum Gasteiger partial charge on any atom is 0.251 e. The average molecular weight is 386 g/mol. The Labute approximate surface area is 163 Å². The first-order chi connectivity index (χ1) is 13.5. The van der Waals surface area contributed by atoms with Crippen LogP contribution < -0.4 is 14.8 Å². The van der Waals surface area contributed by atoms with Crippen molar-refractivity contribution in [3.8, 4) is 11.5 Å². The molecule has 0 aliphatic carbocycles. The molecule has 1 N–H and O–H groups in total. The Balaban J connectivity index is 1.70. The van der Waals surface area contributed by atoms with Crippen molar-refractivity contribution in [1.82, 2.24) is 10.2 Å². The summed E-state index contributed by atoms with van der Waals surface area (Å²) in [4.78, 5) is 26.7. The predicted octanol–water partition coefficient (Wildman–Crippen LogP) is 2.94. The van der Waals surface area contributed by atoms with Crippen LogP contribution in [0.3, 0.4) is 0 Å². The molecule has 1 aliphatic rings. The number of hydrogen-bond acceptors (Lipinski definition) is 4. The summed E-state index contributed by atoms with van der Waals surface area (Å²) in [6.07, 6.45) is 1.65. The number of halogens is 1. The molecular formula is C21H23FN2O4. The van der Waals surface area contributed by atoms with E-state index in [0.29, 0.717) is 18.0 Å². The van der Waals surface area contributed by atoms with E-state index in [-0.39, 0.29) is 24.1 Å². The van der Waals surface area contributed by atoms with Gasteiger partial charge in [0.25, 0.3) is 5.91 Å². The molecule has 0 bridgehead atoms. The second kappa shape index (κ2) is 8.73. The van der Waals surface area contributed by atoms with Gasteiger partial charge in [-0.1, -0.05) is 6.07 Å². The van der Waals surface area contributed by atoms with E-state index in [0.717, 1.165) is 24.5 Å². The average Bonchev–Trinajstić information content (AvgIpc) is 3.21. The van der Waals surface area contributed by atoms with Crippen LogP contribution in [0.5, 0.6) is 11.5 Å². The number of hydrogen-bond donors (Lipinski definition) is 1. The van der Waals surface area contributed by atoms with E-state index in [2.05, 4.69) is 5.32 Å². The standard InChI is InChI=1S/C21H23FN2O4/c1-27-16-8-9-19(28-2)17(12-16)18-7-4-10-24(18)20(25)13-23-21(26)14-5-3-6-15(22)11-14/h3,5-6,8-9,11-12,18H,4,7,10,13H2,1-2H3,(H,23,26). The third kappa shape index (κ3) is 4.24. The number of ether oxygens (including phenoxy) is 2. The van der Waals surface area contributed by atoms with Crippen LogP contribution in [-0.4, -0.2) is 44.0 Å². The van der Waals surface area contributed by atoms with Crippen LogP contribution in [0.25, 0.3) is 0 Å². The van der Waals surface area contributed by atoms with Crippen molar-refractivity contribution in [1.29, 1.82) is 0 Å². The van der Waals surface area contributed by atoms with Gasteiger partial charge in [-0.05, 0) is 49.2 Å². The largest absolute Gasteiger partial charge is 0.497 e. The lowest BCUT2D eigenvalue weighted by Crippen LogP contribution is -2.40. The molecule has 1 unspecified atom stereocenters. The van der Waals surface area contributed by atoms with Crippen LogP contribution in [0.1, 0.15) is 34.8 Å². The summed E-state index contributed by atoms with van der Waals surface area (Å²) >= 11 is 0. The minimum absolute atomic E-state index is 0.149. The number of benzene rings is 2. The van der Waals surface area contributed by atoms with Crippen molar-refractivity contribution in [3.05, 3.63) is 59.4 Å². The quantitative estimate of drug-likeness (QED) is 0.829. The molecule has 2 aromatic carbocycles. The molecule has 7 heteroatoms. The van der Waals surface area contributed by atoms with Crippen molar-refractivity contribution in [2.75, 3.05) is 27.3 Å². The van der Waals surface area contributed by atoms with Crippen molar-refractivity contribution < 1.29 is 23.5 Å². The lowest BCUT2D eigenvalue weighted by molar-refractivity contribution is -0.131. The van der Waals surface area contributed by atoms with Gasteiger partial charge in [0.15, 0.2) is 0 Å². The predicted molar refractivity (Wildman–Crippen MR) is 102 cm³/mol. The Morgan fingerprint density at radius 3 is 2.71 bits per heavy atom. The van der Waals surface area contributed by atoms with Gasteiger partial charge in [0.2, 0.25) is 5.91 Å². The zero-order valence-electron chi connectivity index (χ0n) is 15.9. The maximum atomic E-state index is 13.3. The lowest BCUT2D eigenvalue weighted by Gasteiger charge is -2.27. The SMILES string of the molecule is COc1ccc(OC)c(C2CCCN2C(=O)CNC(=O)c2cccc(F)c2)c1. The molecule has 0 radical (unpaired) electrons. The van der Waals surface area contributed by atoms with Gasteiger partial charge in [-0.3, -0.25) is 9.59 Å². The van der Waals surface area contributed by atoms with Crippen LogP contribution in [-0.2, 0) is 4.79 Å². The molecule has 1 aliphatic heterocycles. The van der Waals surface area contributed by atoms with Gasteiger partial charge in [0, 0.05) is 17.7 Å². The number of carbonyl (C=O) groups excluding carboxylic acids is 2. The van der Waals surface area contributed by atoms with Crippen LogP contribution in [0, 0.1) is 5.82 Å². The molecule has 1 fully saturated rings. The topological polar surface area (TPSA) is 67.9 Å². The highest BCUT2D eigenvalue weighted by Gasteiger charge is 2.32. The maximum absolute atomic E-state index is 13.3. The highest BCUT2D eigenvalue weighted by molar-refractivity contribution is 5.96. The Kier molecular flexibility index (Phi) is 6.13. The highest BCUT2D eigenvalue weighted by atomic mass is 19.1. The molecule has 1 saturated heterocycles. The molecule has 2 amide bonds. The fraction of sp³-hybridized carbons (Fsp3) is 0.333. The number of carbonyl (C=O) groups is 2. The van der Waals surface area contributed by atoms with Crippen LogP contribution in [0.2, 0.25) is 0 Å². The molecule has 0 saturated carbocycles. The van der Waals surface area contributed by atoms with Crippen LogP contribution in [0.4, 0.5) is 4.39 Å². The molecule has 148 valence electrons. The summed E-state index contributed by atoms with van der Waals surface area (Å²) in [7, 11) is 3.18. The van der Waals surface area contributed by atoms with Crippen molar-refractivity contribution >= 4 is 11.8 Å². The van der Waals surface area contributed by atoms with E-state index in [1.165, 1.54) is 18.2 Å². The number of nitrogens with zero attached hydrogens (tertiary/aromatic N) is 1. The zero-order valence-corrected chi connectivity index (χ0v) is 15.9. The van der Waals surface area contributed by atoms with Gasteiger partial charge < -0.3 is 19.7 Å². The number of likely N-dealkylation sites (tertiary alicyclic amines) is 1. The van der Waals surface area contributed by atoms with Gasteiger partial charge in [0.05, 0.1) is 26.8 Å². The molecule has 1 heterocycles. The third-order valence-electron chi connectivity index (χ3n) is 4.86. The summed E-state index contributed by atoms with van der Waals surface area (Å²) in [5.74, 6) is 0.201. The smallest absolute Gasteiger partial charge is 0.251 e. The summed E-state index contributed by atoms with van der Waals surface area (Å²) < 4.78 is 24.0. The highest BCUT2D eigenvalue weighted by Crippen LogP contribution is 2.38. The molecule has 1 atom stereocenters. The van der Waals surface area contributed by atoms with E-state index in [4.69, 9.17) is 9.47 Å². The third-order valence-corrected chi connectivity index (χ3v) is 4.86. The van der Waals surface area contributed by atoms with E-state index in [1.807, 2.05) is 18.2 Å². The van der Waals surface area contributed by atoms with Crippen LogP contribution >= 0.6 is 0 Å². The second-order valence-corrected chi connectivity index (χ2v) is 6.55. The van der Waals surface area contributed by atoms with Gasteiger partial charge >= 0.3 is 0 Å². The summed E-state index contributed by atoms with van der Waals surface area (Å²) in [6.45, 7) is 0.442. The minimum atomic E-state index is -0.497. The fourth-order valence-electron chi connectivity index (χ4n) is 3.48. The van der Waals surface area contributed by atoms with E-state index >= 15 is 0 Å².